The van der Waals surface area contributed by atoms with E-state index in [0.29, 0.717) is 30.0 Å². The van der Waals surface area contributed by atoms with Crippen LogP contribution in [0, 0.1) is 6.92 Å². The molecule has 3 rings (SSSR count). The van der Waals surface area contributed by atoms with Gasteiger partial charge >= 0.3 is 5.97 Å². The van der Waals surface area contributed by atoms with E-state index in [1.165, 1.54) is 4.31 Å². The lowest BCUT2D eigenvalue weighted by atomic mass is 9.96. The molecule has 1 atom stereocenters. The van der Waals surface area contributed by atoms with Gasteiger partial charge in [-0.3, -0.25) is 9.10 Å². The Labute approximate surface area is 159 Å². The number of nitrogens with zero attached hydrogens (tertiary/aromatic N) is 1. The van der Waals surface area contributed by atoms with Crippen molar-refractivity contribution in [3.8, 4) is 0 Å². The Balaban J connectivity index is 2.01. The van der Waals surface area contributed by atoms with Crippen LogP contribution in [0.2, 0.25) is 0 Å². The van der Waals surface area contributed by atoms with E-state index in [4.69, 9.17) is 5.11 Å². The molecule has 144 valence electrons. The van der Waals surface area contributed by atoms with Crippen molar-refractivity contribution in [2.24, 2.45) is 0 Å². The van der Waals surface area contributed by atoms with Crippen molar-refractivity contribution < 1.29 is 18.3 Å². The smallest absolute Gasteiger partial charge is 0.303 e. The van der Waals surface area contributed by atoms with E-state index in [1.54, 1.807) is 13.1 Å². The van der Waals surface area contributed by atoms with Crippen LogP contribution in [0.4, 0.5) is 5.69 Å². The highest BCUT2D eigenvalue weighted by molar-refractivity contribution is 7.92. The molecular formula is C20H24N2O4S. The minimum atomic E-state index is -3.66. The number of sulfonamides is 1. The zero-order valence-electron chi connectivity index (χ0n) is 15.5. The van der Waals surface area contributed by atoms with Crippen LogP contribution < -0.4 is 9.62 Å². The molecule has 0 radical (unpaired) electrons. The number of benzene rings is 2. The van der Waals surface area contributed by atoms with Gasteiger partial charge < -0.3 is 10.4 Å². The van der Waals surface area contributed by atoms with Gasteiger partial charge in [0.25, 0.3) is 10.0 Å². The molecule has 2 N–H and O–H groups in total. The molecular weight excluding hydrogens is 364 g/mol. The lowest BCUT2D eigenvalue weighted by molar-refractivity contribution is -0.137. The fourth-order valence-corrected chi connectivity index (χ4v) is 4.97. The molecule has 0 aliphatic carbocycles. The van der Waals surface area contributed by atoms with E-state index in [0.717, 1.165) is 16.7 Å². The molecule has 1 unspecified atom stereocenters. The summed E-state index contributed by atoms with van der Waals surface area (Å²) in [6.07, 6.45) is 1.42. The molecule has 0 saturated carbocycles. The van der Waals surface area contributed by atoms with Gasteiger partial charge in [0, 0.05) is 13.5 Å². The Kier molecular flexibility index (Phi) is 5.53. The fraction of sp³-hybridized carbons (Fsp3) is 0.350. The van der Waals surface area contributed by atoms with Crippen LogP contribution in [0.25, 0.3) is 0 Å². The number of aliphatic carboxylic acids is 1. The Bertz CT molecular complexity index is 956. The summed E-state index contributed by atoms with van der Waals surface area (Å²) >= 11 is 0. The largest absolute Gasteiger partial charge is 0.481 e. The van der Waals surface area contributed by atoms with Crippen LogP contribution in [0.15, 0.2) is 47.4 Å². The Morgan fingerprint density at radius 1 is 1.15 bits per heavy atom. The van der Waals surface area contributed by atoms with E-state index >= 15 is 0 Å². The fourth-order valence-electron chi connectivity index (χ4n) is 3.43. The third-order valence-corrected chi connectivity index (χ3v) is 6.70. The SMILES string of the molecule is Cc1ccc2c(c1)S(=O)(=O)N(C)c1ccccc1C2NCCCCC(=O)O. The molecule has 0 spiro atoms. The summed E-state index contributed by atoms with van der Waals surface area (Å²) in [6, 6.07) is 12.7. The summed E-state index contributed by atoms with van der Waals surface area (Å²) in [5.41, 5.74) is 3.14. The van der Waals surface area contributed by atoms with Crippen molar-refractivity contribution in [3.05, 3.63) is 59.2 Å². The molecule has 6 nitrogen and oxygen atoms in total. The number of carboxylic acids is 1. The zero-order chi connectivity index (χ0) is 19.6. The predicted molar refractivity (Wildman–Crippen MR) is 105 cm³/mol. The average Bonchev–Trinajstić information content (AvgIpc) is 2.70. The second kappa shape index (κ2) is 7.70. The van der Waals surface area contributed by atoms with Crippen LogP contribution >= 0.6 is 0 Å². The maximum Gasteiger partial charge on any atom is 0.303 e. The molecule has 0 aromatic heterocycles. The van der Waals surface area contributed by atoms with Gasteiger partial charge in [-0.25, -0.2) is 8.42 Å². The first kappa shape index (κ1) is 19.4. The van der Waals surface area contributed by atoms with Crippen LogP contribution in [0.3, 0.4) is 0 Å². The average molecular weight is 388 g/mol. The van der Waals surface area contributed by atoms with Gasteiger partial charge in [-0.2, -0.15) is 0 Å². The van der Waals surface area contributed by atoms with Gasteiger partial charge in [-0.05, 0) is 55.1 Å². The van der Waals surface area contributed by atoms with Gasteiger partial charge in [0.1, 0.15) is 0 Å². The van der Waals surface area contributed by atoms with Crippen molar-refractivity contribution in [2.45, 2.75) is 37.1 Å². The van der Waals surface area contributed by atoms with E-state index in [-0.39, 0.29) is 12.5 Å². The highest BCUT2D eigenvalue weighted by Crippen LogP contribution is 2.40. The van der Waals surface area contributed by atoms with Crippen LogP contribution in [0.1, 0.15) is 42.0 Å². The topological polar surface area (TPSA) is 86.7 Å². The Morgan fingerprint density at radius 3 is 2.63 bits per heavy atom. The standard InChI is InChI=1S/C20H24N2O4S/c1-14-10-11-16-18(13-14)27(25,26)22(2)17-8-4-3-7-15(17)20(16)21-12-6-5-9-19(23)24/h3-4,7-8,10-11,13,20-21H,5-6,9,12H2,1-2H3,(H,23,24). The molecule has 2 aromatic carbocycles. The maximum absolute atomic E-state index is 13.2. The molecule has 1 aliphatic rings. The van der Waals surface area contributed by atoms with Crippen molar-refractivity contribution in [1.82, 2.24) is 5.32 Å². The van der Waals surface area contributed by atoms with Crippen LogP contribution in [-0.4, -0.2) is 33.1 Å². The first-order valence-corrected chi connectivity index (χ1v) is 10.4. The van der Waals surface area contributed by atoms with Crippen molar-refractivity contribution in [3.63, 3.8) is 0 Å². The molecule has 0 amide bonds. The molecule has 1 aliphatic heterocycles. The lowest BCUT2D eigenvalue weighted by Gasteiger charge is -2.22. The summed E-state index contributed by atoms with van der Waals surface area (Å²) in [6.45, 7) is 2.48. The number of carboxylic acid groups (broad SMARTS) is 1. The van der Waals surface area contributed by atoms with Crippen LogP contribution in [-0.2, 0) is 14.8 Å². The quantitative estimate of drug-likeness (QED) is 0.743. The summed E-state index contributed by atoms with van der Waals surface area (Å²) in [4.78, 5) is 11.0. The third kappa shape index (κ3) is 3.84. The number of rotatable bonds is 6. The highest BCUT2D eigenvalue weighted by Gasteiger charge is 2.34. The number of fused-ring (bicyclic) bond motifs is 2. The minimum Gasteiger partial charge on any atom is -0.481 e. The van der Waals surface area contributed by atoms with E-state index in [9.17, 15) is 13.2 Å². The Morgan fingerprint density at radius 2 is 1.89 bits per heavy atom. The zero-order valence-corrected chi connectivity index (χ0v) is 16.3. The molecule has 27 heavy (non-hydrogen) atoms. The number of hydrogen-bond acceptors (Lipinski definition) is 4. The monoisotopic (exact) mass is 388 g/mol. The van der Waals surface area contributed by atoms with Crippen LogP contribution in [0.5, 0.6) is 0 Å². The number of nitrogens with one attached hydrogen (secondary N) is 1. The number of carbonyl (C=O) groups is 1. The second-order valence-electron chi connectivity index (χ2n) is 6.81. The van der Waals surface area contributed by atoms with Gasteiger partial charge in [-0.15, -0.1) is 0 Å². The predicted octanol–water partition coefficient (Wildman–Crippen LogP) is 3.07. The lowest BCUT2D eigenvalue weighted by Crippen LogP contribution is -2.26. The third-order valence-electron chi connectivity index (χ3n) is 4.87. The van der Waals surface area contributed by atoms with Gasteiger partial charge in [0.05, 0.1) is 16.6 Å². The highest BCUT2D eigenvalue weighted by atomic mass is 32.2. The molecule has 7 heteroatoms. The first-order valence-electron chi connectivity index (χ1n) is 8.96. The van der Waals surface area contributed by atoms with Gasteiger partial charge in [-0.1, -0.05) is 30.3 Å². The second-order valence-corrected chi connectivity index (χ2v) is 8.75. The number of hydrogen-bond donors (Lipinski definition) is 2. The Hall–Kier alpha value is -2.38. The summed E-state index contributed by atoms with van der Waals surface area (Å²) in [5, 5.41) is 12.2. The first-order chi connectivity index (χ1) is 12.8. The molecule has 0 fully saturated rings. The molecule has 0 saturated heterocycles. The van der Waals surface area contributed by atoms with Crippen molar-refractivity contribution >= 4 is 21.7 Å². The van der Waals surface area contributed by atoms with Gasteiger partial charge in [0.15, 0.2) is 0 Å². The number of aryl methyl sites for hydroxylation is 1. The van der Waals surface area contributed by atoms with E-state index in [2.05, 4.69) is 5.32 Å². The maximum atomic E-state index is 13.2. The molecule has 1 heterocycles. The van der Waals surface area contributed by atoms with Gasteiger partial charge in [0.2, 0.25) is 0 Å². The number of unbranched alkanes of at least 4 members (excludes halogenated alkanes) is 1. The summed E-state index contributed by atoms with van der Waals surface area (Å²) in [5.74, 6) is -0.802. The summed E-state index contributed by atoms with van der Waals surface area (Å²) < 4.78 is 27.7. The number of para-hydroxylation sites is 1. The normalized spacial score (nSPS) is 17.7. The summed E-state index contributed by atoms with van der Waals surface area (Å²) in [7, 11) is -2.08. The molecule has 0 bridgehead atoms. The van der Waals surface area contributed by atoms with E-state index in [1.807, 2.05) is 43.3 Å². The van der Waals surface area contributed by atoms with Crippen molar-refractivity contribution in [1.29, 1.82) is 0 Å². The minimum absolute atomic E-state index is 0.135. The number of anilines is 1. The molecule has 2 aromatic rings. The van der Waals surface area contributed by atoms with E-state index < -0.39 is 16.0 Å². The van der Waals surface area contributed by atoms with Crippen molar-refractivity contribution in [2.75, 3.05) is 17.9 Å².